The summed E-state index contributed by atoms with van der Waals surface area (Å²) in [6, 6.07) is 19.8. The predicted molar refractivity (Wildman–Crippen MR) is 103 cm³/mol. The van der Waals surface area contributed by atoms with E-state index in [1.807, 2.05) is 0 Å². The summed E-state index contributed by atoms with van der Waals surface area (Å²) in [6.07, 6.45) is 3.65. The van der Waals surface area contributed by atoms with Crippen molar-refractivity contribution in [2.45, 2.75) is 26.2 Å². The number of benzene rings is 2. The van der Waals surface area contributed by atoms with E-state index >= 15 is 0 Å². The number of aryl methyl sites for hydroxylation is 2. The van der Waals surface area contributed by atoms with Crippen LogP contribution in [0.5, 0.6) is 0 Å². The van der Waals surface area contributed by atoms with Crippen LogP contribution in [-0.4, -0.2) is 49.1 Å². The van der Waals surface area contributed by atoms with Crippen LogP contribution in [-0.2, 0) is 12.8 Å². The molecule has 1 aliphatic rings. The van der Waals surface area contributed by atoms with E-state index in [4.69, 9.17) is 0 Å². The molecule has 24 heavy (non-hydrogen) atoms. The second-order valence-corrected chi connectivity index (χ2v) is 7.01. The fraction of sp³-hybridized carbons (Fsp3) is 0.455. The summed E-state index contributed by atoms with van der Waals surface area (Å²) in [4.78, 5) is 5.25. The van der Waals surface area contributed by atoms with E-state index in [0.29, 0.717) is 0 Å². The van der Waals surface area contributed by atoms with Crippen LogP contribution in [0.3, 0.4) is 0 Å². The molecule has 1 aliphatic heterocycles. The third kappa shape index (κ3) is 5.47. The Morgan fingerprint density at radius 3 is 1.92 bits per heavy atom. The maximum Gasteiger partial charge on any atom is 0.0110 e. The van der Waals surface area contributed by atoms with Gasteiger partial charge in [0.05, 0.1) is 0 Å². The van der Waals surface area contributed by atoms with Crippen LogP contribution in [0.2, 0.25) is 0 Å². The van der Waals surface area contributed by atoms with Crippen LogP contribution in [0.15, 0.2) is 54.6 Å². The summed E-state index contributed by atoms with van der Waals surface area (Å²) in [5, 5.41) is 0. The van der Waals surface area contributed by atoms with E-state index in [2.05, 4.69) is 71.3 Å². The van der Waals surface area contributed by atoms with Gasteiger partial charge in [0.2, 0.25) is 0 Å². The van der Waals surface area contributed by atoms with Gasteiger partial charge in [-0.1, -0.05) is 60.2 Å². The summed E-state index contributed by atoms with van der Waals surface area (Å²) in [5.41, 5.74) is 4.28. The second kappa shape index (κ2) is 9.00. The molecular weight excluding hydrogens is 292 g/mol. The Bertz CT molecular complexity index is 583. The standard InChI is InChI=1S/C22H30N2/c1-20-9-11-22(12-10-20)13-15-24-18-16-23(17-19-24)14-5-8-21-6-3-2-4-7-21/h2-4,6-7,9-12H,5,8,13-19H2,1H3. The number of hydrogen-bond acceptors (Lipinski definition) is 2. The van der Waals surface area contributed by atoms with Crippen molar-refractivity contribution in [3.63, 3.8) is 0 Å². The maximum atomic E-state index is 2.63. The van der Waals surface area contributed by atoms with Gasteiger partial charge in [0.15, 0.2) is 0 Å². The molecule has 0 aliphatic carbocycles. The summed E-state index contributed by atoms with van der Waals surface area (Å²) < 4.78 is 0. The summed E-state index contributed by atoms with van der Waals surface area (Å²) in [5.74, 6) is 0. The zero-order chi connectivity index (χ0) is 16.6. The fourth-order valence-corrected chi connectivity index (χ4v) is 3.43. The maximum absolute atomic E-state index is 2.63. The minimum absolute atomic E-state index is 1.17. The number of rotatable bonds is 7. The van der Waals surface area contributed by atoms with Gasteiger partial charge in [-0.3, -0.25) is 0 Å². The first kappa shape index (κ1) is 17.2. The van der Waals surface area contributed by atoms with Crippen LogP contribution < -0.4 is 0 Å². The molecule has 2 heteroatoms. The van der Waals surface area contributed by atoms with Crippen molar-refractivity contribution in [2.24, 2.45) is 0 Å². The Hall–Kier alpha value is -1.64. The highest BCUT2D eigenvalue weighted by molar-refractivity contribution is 5.21. The summed E-state index contributed by atoms with van der Waals surface area (Å²) in [7, 11) is 0. The molecule has 0 amide bonds. The van der Waals surface area contributed by atoms with Gasteiger partial charge in [0.25, 0.3) is 0 Å². The van der Waals surface area contributed by atoms with E-state index in [-0.39, 0.29) is 0 Å². The molecule has 0 spiro atoms. The van der Waals surface area contributed by atoms with E-state index in [1.165, 1.54) is 75.2 Å². The number of hydrogen-bond donors (Lipinski definition) is 0. The molecule has 2 nitrogen and oxygen atoms in total. The van der Waals surface area contributed by atoms with Crippen molar-refractivity contribution < 1.29 is 0 Å². The van der Waals surface area contributed by atoms with Gasteiger partial charge in [-0.05, 0) is 43.9 Å². The van der Waals surface area contributed by atoms with Gasteiger partial charge < -0.3 is 9.80 Å². The van der Waals surface area contributed by atoms with Crippen molar-refractivity contribution in [1.82, 2.24) is 9.80 Å². The summed E-state index contributed by atoms with van der Waals surface area (Å²) >= 11 is 0. The first-order valence-corrected chi connectivity index (χ1v) is 9.34. The molecular formula is C22H30N2. The van der Waals surface area contributed by atoms with Crippen LogP contribution >= 0.6 is 0 Å². The number of piperazine rings is 1. The Balaban J connectivity index is 1.31. The molecule has 0 unspecified atom stereocenters. The molecule has 0 N–H and O–H groups in total. The number of nitrogens with zero attached hydrogens (tertiary/aromatic N) is 2. The lowest BCUT2D eigenvalue weighted by Gasteiger charge is -2.34. The van der Waals surface area contributed by atoms with Gasteiger partial charge in [0.1, 0.15) is 0 Å². The smallest absolute Gasteiger partial charge is 0.0110 e. The lowest BCUT2D eigenvalue weighted by molar-refractivity contribution is 0.132. The molecule has 3 rings (SSSR count). The van der Waals surface area contributed by atoms with Crippen molar-refractivity contribution in [1.29, 1.82) is 0 Å². The SMILES string of the molecule is Cc1ccc(CCN2CCN(CCCc3ccccc3)CC2)cc1. The molecule has 1 saturated heterocycles. The normalized spacial score (nSPS) is 16.4. The Morgan fingerprint density at radius 2 is 1.25 bits per heavy atom. The Morgan fingerprint density at radius 1 is 0.667 bits per heavy atom. The molecule has 2 aromatic rings. The minimum Gasteiger partial charge on any atom is -0.301 e. The highest BCUT2D eigenvalue weighted by Gasteiger charge is 2.16. The lowest BCUT2D eigenvalue weighted by atomic mass is 10.1. The van der Waals surface area contributed by atoms with E-state index in [9.17, 15) is 0 Å². The van der Waals surface area contributed by atoms with Crippen molar-refractivity contribution in [3.8, 4) is 0 Å². The molecule has 1 fully saturated rings. The third-order valence-corrected chi connectivity index (χ3v) is 5.08. The van der Waals surface area contributed by atoms with Gasteiger partial charge >= 0.3 is 0 Å². The molecule has 0 aromatic heterocycles. The highest BCUT2D eigenvalue weighted by Crippen LogP contribution is 2.09. The van der Waals surface area contributed by atoms with Crippen molar-refractivity contribution in [2.75, 3.05) is 39.3 Å². The zero-order valence-electron chi connectivity index (χ0n) is 15.0. The summed E-state index contributed by atoms with van der Waals surface area (Å²) in [6.45, 7) is 9.47. The second-order valence-electron chi connectivity index (χ2n) is 7.01. The molecule has 0 radical (unpaired) electrons. The van der Waals surface area contributed by atoms with Gasteiger partial charge in [0, 0.05) is 32.7 Å². The van der Waals surface area contributed by atoms with Crippen molar-refractivity contribution in [3.05, 3.63) is 71.3 Å². The van der Waals surface area contributed by atoms with E-state index in [0.717, 1.165) is 0 Å². The largest absolute Gasteiger partial charge is 0.301 e. The Labute approximate surface area is 147 Å². The minimum atomic E-state index is 1.17. The van der Waals surface area contributed by atoms with Gasteiger partial charge in [-0.15, -0.1) is 0 Å². The fourth-order valence-electron chi connectivity index (χ4n) is 3.43. The van der Waals surface area contributed by atoms with Crippen LogP contribution in [0.25, 0.3) is 0 Å². The van der Waals surface area contributed by atoms with Crippen LogP contribution in [0.1, 0.15) is 23.1 Å². The zero-order valence-corrected chi connectivity index (χ0v) is 15.0. The first-order chi connectivity index (χ1) is 11.8. The monoisotopic (exact) mass is 322 g/mol. The van der Waals surface area contributed by atoms with E-state index < -0.39 is 0 Å². The van der Waals surface area contributed by atoms with Crippen LogP contribution in [0, 0.1) is 6.92 Å². The van der Waals surface area contributed by atoms with Gasteiger partial charge in [-0.25, -0.2) is 0 Å². The highest BCUT2D eigenvalue weighted by atomic mass is 15.3. The van der Waals surface area contributed by atoms with Gasteiger partial charge in [-0.2, -0.15) is 0 Å². The molecule has 0 bridgehead atoms. The van der Waals surface area contributed by atoms with Crippen molar-refractivity contribution >= 4 is 0 Å². The topological polar surface area (TPSA) is 6.48 Å². The lowest BCUT2D eigenvalue weighted by Crippen LogP contribution is -2.47. The quantitative estimate of drug-likeness (QED) is 0.765. The molecule has 2 aromatic carbocycles. The van der Waals surface area contributed by atoms with E-state index in [1.54, 1.807) is 0 Å². The molecule has 0 saturated carbocycles. The third-order valence-electron chi connectivity index (χ3n) is 5.08. The first-order valence-electron chi connectivity index (χ1n) is 9.34. The average Bonchev–Trinajstić information content (AvgIpc) is 2.63. The molecule has 1 heterocycles. The average molecular weight is 322 g/mol. The molecule has 0 atom stereocenters. The molecule has 128 valence electrons. The van der Waals surface area contributed by atoms with Crippen LogP contribution in [0.4, 0.5) is 0 Å². The predicted octanol–water partition coefficient (Wildman–Crippen LogP) is 3.79. The Kier molecular flexibility index (Phi) is 6.45.